The van der Waals surface area contributed by atoms with E-state index in [1.165, 1.54) is 0 Å². The molecule has 0 aliphatic heterocycles. The molecule has 0 amide bonds. The van der Waals surface area contributed by atoms with Crippen molar-refractivity contribution in [2.75, 3.05) is 0 Å². The largest absolute Gasteiger partial charge is 0.472 e. The minimum absolute atomic E-state index is 0.145. The van der Waals surface area contributed by atoms with Crippen LogP contribution in [0.15, 0.2) is 22.8 Å². The van der Waals surface area contributed by atoms with Gasteiger partial charge in [0.1, 0.15) is 10.2 Å². The van der Waals surface area contributed by atoms with Gasteiger partial charge in [0.25, 0.3) is 0 Å². The Morgan fingerprint density at radius 1 is 1.46 bits per heavy atom. The molecule has 1 heterocycles. The van der Waals surface area contributed by atoms with Crippen molar-refractivity contribution in [3.8, 4) is 5.88 Å². The van der Waals surface area contributed by atoms with Crippen molar-refractivity contribution in [2.45, 2.75) is 32.8 Å². The average Bonchev–Trinajstić information content (AvgIpc) is 2.03. The molecule has 0 aliphatic carbocycles. The summed E-state index contributed by atoms with van der Waals surface area (Å²) in [5.74, 6) is 0.668. The first-order chi connectivity index (χ1) is 6.03. The normalized spacial score (nSPS) is 11.4. The maximum absolute atomic E-state index is 5.69. The van der Waals surface area contributed by atoms with Gasteiger partial charge in [-0.1, -0.05) is 13.0 Å². The molecule has 0 saturated carbocycles. The van der Waals surface area contributed by atoms with Gasteiger partial charge in [-0.3, -0.25) is 0 Å². The summed E-state index contributed by atoms with van der Waals surface area (Å²) in [7, 11) is 0. The van der Waals surface area contributed by atoms with Gasteiger partial charge in [-0.15, -0.1) is 0 Å². The Balaban J connectivity index is 2.74. The molecule has 13 heavy (non-hydrogen) atoms. The van der Waals surface area contributed by atoms with Crippen molar-refractivity contribution < 1.29 is 4.74 Å². The highest BCUT2D eigenvalue weighted by atomic mass is 79.9. The lowest BCUT2D eigenvalue weighted by molar-refractivity contribution is 0.0988. The number of rotatable bonds is 3. The second-order valence-electron chi connectivity index (χ2n) is 3.51. The van der Waals surface area contributed by atoms with Crippen LogP contribution in [0.2, 0.25) is 0 Å². The van der Waals surface area contributed by atoms with Gasteiger partial charge in [-0.05, 0) is 42.3 Å². The molecule has 0 atom stereocenters. The van der Waals surface area contributed by atoms with Crippen molar-refractivity contribution in [1.29, 1.82) is 0 Å². The van der Waals surface area contributed by atoms with Crippen molar-refractivity contribution in [3.63, 3.8) is 0 Å². The number of hydrogen-bond donors (Lipinski definition) is 0. The van der Waals surface area contributed by atoms with E-state index < -0.39 is 0 Å². The summed E-state index contributed by atoms with van der Waals surface area (Å²) >= 11 is 3.30. The van der Waals surface area contributed by atoms with E-state index in [1.54, 1.807) is 0 Å². The lowest BCUT2D eigenvalue weighted by Gasteiger charge is -2.23. The Bertz CT molecular complexity index is 286. The molecule has 3 heteroatoms. The monoisotopic (exact) mass is 243 g/mol. The number of pyridine rings is 1. The van der Waals surface area contributed by atoms with Crippen LogP contribution in [0.1, 0.15) is 27.2 Å². The van der Waals surface area contributed by atoms with Crippen LogP contribution in [0, 0.1) is 0 Å². The molecule has 1 aromatic rings. The van der Waals surface area contributed by atoms with Crippen LogP contribution < -0.4 is 4.74 Å². The lowest BCUT2D eigenvalue weighted by Crippen LogP contribution is -2.27. The molecule has 0 aliphatic rings. The molecule has 0 N–H and O–H groups in total. The molecule has 0 fully saturated rings. The van der Waals surface area contributed by atoms with E-state index in [4.69, 9.17) is 4.74 Å². The fraction of sp³-hybridized carbons (Fsp3) is 0.500. The molecule has 1 aromatic heterocycles. The fourth-order valence-electron chi connectivity index (χ4n) is 0.802. The summed E-state index contributed by atoms with van der Waals surface area (Å²) in [4.78, 5) is 4.20. The van der Waals surface area contributed by atoms with Gasteiger partial charge in [-0.25, -0.2) is 4.98 Å². The van der Waals surface area contributed by atoms with E-state index in [1.807, 2.05) is 18.2 Å². The predicted octanol–water partition coefficient (Wildman–Crippen LogP) is 3.41. The third-order valence-corrected chi connectivity index (χ3v) is 2.36. The number of ether oxygens (including phenoxy) is 1. The van der Waals surface area contributed by atoms with E-state index in [9.17, 15) is 0 Å². The minimum Gasteiger partial charge on any atom is -0.472 e. The van der Waals surface area contributed by atoms with Crippen LogP contribution in [0.3, 0.4) is 0 Å². The first-order valence-electron chi connectivity index (χ1n) is 4.35. The Kier molecular flexibility index (Phi) is 3.31. The molecular weight excluding hydrogens is 230 g/mol. The van der Waals surface area contributed by atoms with Crippen LogP contribution in [0.25, 0.3) is 0 Å². The maximum atomic E-state index is 5.69. The number of nitrogens with zero attached hydrogens (tertiary/aromatic N) is 1. The first-order valence-corrected chi connectivity index (χ1v) is 5.14. The first kappa shape index (κ1) is 10.5. The molecule has 0 aromatic carbocycles. The van der Waals surface area contributed by atoms with Crippen LogP contribution in [-0.4, -0.2) is 10.6 Å². The zero-order chi connectivity index (χ0) is 9.90. The van der Waals surface area contributed by atoms with E-state index in [0.717, 1.165) is 11.0 Å². The highest BCUT2D eigenvalue weighted by molar-refractivity contribution is 9.10. The second kappa shape index (κ2) is 4.09. The summed E-state index contributed by atoms with van der Waals surface area (Å²) in [6.07, 6.45) is 0.960. The topological polar surface area (TPSA) is 22.1 Å². The van der Waals surface area contributed by atoms with Crippen molar-refractivity contribution in [3.05, 3.63) is 22.8 Å². The highest BCUT2D eigenvalue weighted by Gasteiger charge is 2.17. The average molecular weight is 244 g/mol. The van der Waals surface area contributed by atoms with E-state index in [-0.39, 0.29) is 5.60 Å². The summed E-state index contributed by atoms with van der Waals surface area (Å²) in [6, 6.07) is 5.66. The summed E-state index contributed by atoms with van der Waals surface area (Å²) in [6.45, 7) is 6.20. The zero-order valence-electron chi connectivity index (χ0n) is 8.17. The number of hydrogen-bond acceptors (Lipinski definition) is 2. The van der Waals surface area contributed by atoms with E-state index >= 15 is 0 Å². The molecule has 2 nitrogen and oxygen atoms in total. The van der Waals surface area contributed by atoms with Crippen LogP contribution >= 0.6 is 15.9 Å². The molecule has 1 rings (SSSR count). The van der Waals surface area contributed by atoms with Crippen LogP contribution in [0.4, 0.5) is 0 Å². The lowest BCUT2D eigenvalue weighted by atomic mass is 10.1. The third kappa shape index (κ3) is 3.35. The van der Waals surface area contributed by atoms with Gasteiger partial charge < -0.3 is 4.74 Å². The number of halogens is 1. The molecule has 0 spiro atoms. The van der Waals surface area contributed by atoms with Gasteiger partial charge in [0.2, 0.25) is 5.88 Å². The minimum atomic E-state index is -0.145. The SMILES string of the molecule is CCC(C)(C)Oc1cccc(Br)n1. The van der Waals surface area contributed by atoms with Crippen molar-refractivity contribution >= 4 is 15.9 Å². The highest BCUT2D eigenvalue weighted by Crippen LogP contribution is 2.20. The van der Waals surface area contributed by atoms with E-state index in [2.05, 4.69) is 41.7 Å². The van der Waals surface area contributed by atoms with E-state index in [0.29, 0.717) is 5.88 Å². The van der Waals surface area contributed by atoms with Crippen LogP contribution in [-0.2, 0) is 0 Å². The van der Waals surface area contributed by atoms with Crippen molar-refractivity contribution in [2.24, 2.45) is 0 Å². The van der Waals surface area contributed by atoms with Crippen LogP contribution in [0.5, 0.6) is 5.88 Å². The number of aromatic nitrogens is 1. The quantitative estimate of drug-likeness (QED) is 0.760. The third-order valence-electron chi connectivity index (χ3n) is 1.92. The zero-order valence-corrected chi connectivity index (χ0v) is 9.76. The smallest absolute Gasteiger partial charge is 0.214 e. The summed E-state index contributed by atoms with van der Waals surface area (Å²) in [5, 5.41) is 0. The summed E-state index contributed by atoms with van der Waals surface area (Å²) < 4.78 is 6.49. The van der Waals surface area contributed by atoms with Crippen molar-refractivity contribution in [1.82, 2.24) is 4.98 Å². The van der Waals surface area contributed by atoms with Gasteiger partial charge in [-0.2, -0.15) is 0 Å². The van der Waals surface area contributed by atoms with Gasteiger partial charge in [0.05, 0.1) is 0 Å². The predicted molar refractivity (Wildman–Crippen MR) is 56.9 cm³/mol. The molecule has 0 saturated heterocycles. The Hall–Kier alpha value is -0.570. The molecular formula is C10H14BrNO. The molecule has 0 unspecified atom stereocenters. The van der Waals surface area contributed by atoms with Gasteiger partial charge >= 0.3 is 0 Å². The van der Waals surface area contributed by atoms with Gasteiger partial charge in [0, 0.05) is 6.07 Å². The Morgan fingerprint density at radius 3 is 2.69 bits per heavy atom. The molecule has 72 valence electrons. The molecule has 0 bridgehead atoms. The fourth-order valence-corrected chi connectivity index (χ4v) is 1.13. The molecule has 0 radical (unpaired) electrons. The maximum Gasteiger partial charge on any atom is 0.214 e. The standard InChI is InChI=1S/C10H14BrNO/c1-4-10(2,3)13-9-7-5-6-8(11)12-9/h5-7H,4H2,1-3H3. The summed E-state index contributed by atoms with van der Waals surface area (Å²) in [5.41, 5.74) is -0.145. The Morgan fingerprint density at radius 2 is 2.15 bits per heavy atom. The van der Waals surface area contributed by atoms with Gasteiger partial charge in [0.15, 0.2) is 0 Å². The Labute approximate surface area is 87.5 Å². The second-order valence-corrected chi connectivity index (χ2v) is 4.33.